The number of amides is 1. The van der Waals surface area contributed by atoms with Crippen molar-refractivity contribution < 1.29 is 4.79 Å². The number of carbonyl (C=O) groups excluding carboxylic acids is 1. The average molecular weight is 404 g/mol. The van der Waals surface area contributed by atoms with E-state index in [4.69, 9.17) is 0 Å². The number of aromatic nitrogens is 2. The summed E-state index contributed by atoms with van der Waals surface area (Å²) in [5.74, 6) is 0.155. The van der Waals surface area contributed by atoms with Gasteiger partial charge in [0, 0.05) is 56.6 Å². The third-order valence-electron chi connectivity index (χ3n) is 5.73. The molecule has 3 heterocycles. The SMILES string of the molecule is Cc1cc(C)n(Cc2cccc(C(=O)N3CCC(N4CCNCC4)C3)c2)n1.Cl. The lowest BCUT2D eigenvalue weighted by Crippen LogP contribution is -2.49. The van der Waals surface area contributed by atoms with Gasteiger partial charge in [-0.2, -0.15) is 5.10 Å². The van der Waals surface area contributed by atoms with Crippen LogP contribution in [-0.2, 0) is 6.54 Å². The van der Waals surface area contributed by atoms with Gasteiger partial charge in [0.2, 0.25) is 0 Å². The number of piperazine rings is 1. The Morgan fingerprint density at radius 1 is 1.18 bits per heavy atom. The van der Waals surface area contributed by atoms with E-state index in [2.05, 4.69) is 34.4 Å². The highest BCUT2D eigenvalue weighted by molar-refractivity contribution is 5.94. The summed E-state index contributed by atoms with van der Waals surface area (Å²) in [6, 6.07) is 10.6. The van der Waals surface area contributed by atoms with E-state index in [1.165, 1.54) is 0 Å². The third-order valence-corrected chi connectivity index (χ3v) is 5.73. The van der Waals surface area contributed by atoms with Crippen LogP contribution in [0.2, 0.25) is 0 Å². The zero-order chi connectivity index (χ0) is 18.8. The summed E-state index contributed by atoms with van der Waals surface area (Å²) >= 11 is 0. The van der Waals surface area contributed by atoms with E-state index in [0.29, 0.717) is 12.6 Å². The number of halogens is 1. The topological polar surface area (TPSA) is 53.4 Å². The van der Waals surface area contributed by atoms with Crippen LogP contribution in [0.5, 0.6) is 0 Å². The van der Waals surface area contributed by atoms with Gasteiger partial charge in [-0.15, -0.1) is 12.4 Å². The van der Waals surface area contributed by atoms with Gasteiger partial charge in [0.1, 0.15) is 0 Å². The largest absolute Gasteiger partial charge is 0.337 e. The summed E-state index contributed by atoms with van der Waals surface area (Å²) in [5, 5.41) is 7.93. The Morgan fingerprint density at radius 2 is 1.96 bits per heavy atom. The number of carbonyl (C=O) groups is 1. The van der Waals surface area contributed by atoms with E-state index in [0.717, 1.165) is 68.2 Å². The van der Waals surface area contributed by atoms with E-state index < -0.39 is 0 Å². The van der Waals surface area contributed by atoms with E-state index in [9.17, 15) is 4.79 Å². The quantitative estimate of drug-likeness (QED) is 0.849. The van der Waals surface area contributed by atoms with Gasteiger partial charge in [-0.25, -0.2) is 0 Å². The molecule has 1 aromatic carbocycles. The van der Waals surface area contributed by atoms with Crippen LogP contribution in [-0.4, -0.2) is 70.8 Å². The lowest BCUT2D eigenvalue weighted by molar-refractivity contribution is 0.0773. The number of hydrogen-bond acceptors (Lipinski definition) is 4. The molecule has 4 rings (SSSR count). The highest BCUT2D eigenvalue weighted by Crippen LogP contribution is 2.19. The maximum Gasteiger partial charge on any atom is 0.253 e. The number of hydrogen-bond donors (Lipinski definition) is 1. The van der Waals surface area contributed by atoms with Crippen LogP contribution >= 0.6 is 12.4 Å². The Balaban J connectivity index is 0.00000225. The molecule has 1 unspecified atom stereocenters. The van der Waals surface area contributed by atoms with Gasteiger partial charge in [0.15, 0.2) is 0 Å². The van der Waals surface area contributed by atoms with E-state index in [1.807, 2.05) is 34.7 Å². The molecule has 2 fully saturated rings. The van der Waals surface area contributed by atoms with Crippen molar-refractivity contribution in [2.75, 3.05) is 39.3 Å². The van der Waals surface area contributed by atoms with Crippen molar-refractivity contribution in [2.45, 2.75) is 32.9 Å². The normalized spacial score (nSPS) is 20.2. The van der Waals surface area contributed by atoms with Gasteiger partial charge < -0.3 is 10.2 Å². The molecule has 7 heteroatoms. The van der Waals surface area contributed by atoms with Gasteiger partial charge in [-0.3, -0.25) is 14.4 Å². The first-order valence-corrected chi connectivity index (χ1v) is 9.94. The van der Waals surface area contributed by atoms with Crippen LogP contribution in [0.3, 0.4) is 0 Å². The second-order valence-electron chi connectivity index (χ2n) is 7.76. The van der Waals surface area contributed by atoms with Crippen LogP contribution in [0, 0.1) is 13.8 Å². The predicted molar refractivity (Wildman–Crippen MR) is 113 cm³/mol. The van der Waals surface area contributed by atoms with Crippen molar-refractivity contribution in [3.05, 3.63) is 52.8 Å². The number of rotatable bonds is 4. The molecule has 0 bridgehead atoms. The maximum absolute atomic E-state index is 13.0. The third kappa shape index (κ3) is 4.57. The summed E-state index contributed by atoms with van der Waals surface area (Å²) in [7, 11) is 0. The van der Waals surface area contributed by atoms with Gasteiger partial charge >= 0.3 is 0 Å². The number of likely N-dealkylation sites (tertiary alicyclic amines) is 1. The summed E-state index contributed by atoms with van der Waals surface area (Å²) in [6.07, 6.45) is 1.08. The molecule has 1 atom stereocenters. The van der Waals surface area contributed by atoms with E-state index in [1.54, 1.807) is 0 Å². The van der Waals surface area contributed by atoms with Gasteiger partial charge in [-0.05, 0) is 44.0 Å². The van der Waals surface area contributed by atoms with E-state index in [-0.39, 0.29) is 18.3 Å². The summed E-state index contributed by atoms with van der Waals surface area (Å²) in [5.41, 5.74) is 4.07. The number of aryl methyl sites for hydroxylation is 2. The first-order valence-electron chi connectivity index (χ1n) is 9.94. The Labute approximate surface area is 173 Å². The molecule has 0 spiro atoms. The van der Waals surface area contributed by atoms with Crippen LogP contribution in [0.15, 0.2) is 30.3 Å². The maximum atomic E-state index is 13.0. The highest BCUT2D eigenvalue weighted by atomic mass is 35.5. The minimum atomic E-state index is 0. The zero-order valence-electron chi connectivity index (χ0n) is 16.7. The van der Waals surface area contributed by atoms with Crippen molar-refractivity contribution in [3.8, 4) is 0 Å². The molecule has 0 aliphatic carbocycles. The Morgan fingerprint density at radius 3 is 2.68 bits per heavy atom. The Kier molecular flexibility index (Phi) is 6.75. The first kappa shape index (κ1) is 20.8. The van der Waals surface area contributed by atoms with Crippen molar-refractivity contribution in [1.29, 1.82) is 0 Å². The van der Waals surface area contributed by atoms with Crippen LogP contribution in [0.4, 0.5) is 0 Å². The molecule has 0 radical (unpaired) electrons. The number of nitrogens with zero attached hydrogens (tertiary/aromatic N) is 4. The Hall–Kier alpha value is -1.89. The molecule has 6 nitrogen and oxygen atoms in total. The van der Waals surface area contributed by atoms with Crippen LogP contribution in [0.25, 0.3) is 0 Å². The second kappa shape index (κ2) is 9.07. The molecular weight excluding hydrogens is 374 g/mol. The fourth-order valence-electron chi connectivity index (χ4n) is 4.26. The van der Waals surface area contributed by atoms with Gasteiger partial charge in [0.05, 0.1) is 12.2 Å². The first-order chi connectivity index (χ1) is 13.1. The molecule has 1 aromatic heterocycles. The monoisotopic (exact) mass is 403 g/mol. The summed E-state index contributed by atoms with van der Waals surface area (Å²) in [4.78, 5) is 17.6. The molecular formula is C21H30ClN5O. The molecule has 2 aliphatic rings. The lowest BCUT2D eigenvalue weighted by Gasteiger charge is -2.32. The average Bonchev–Trinajstić information content (AvgIpc) is 3.29. The highest BCUT2D eigenvalue weighted by Gasteiger charge is 2.31. The lowest BCUT2D eigenvalue weighted by atomic mass is 10.1. The standard InChI is InChI=1S/C21H29N5O.ClH/c1-16-12-17(2)26(23-16)14-18-4-3-5-19(13-18)21(27)25-9-6-20(15-25)24-10-7-22-8-11-24;/h3-5,12-13,20,22H,6-11,14-15H2,1-2H3;1H. The number of benzene rings is 1. The van der Waals surface area contributed by atoms with Gasteiger partial charge in [-0.1, -0.05) is 12.1 Å². The van der Waals surface area contributed by atoms with Crippen molar-refractivity contribution >= 4 is 18.3 Å². The van der Waals surface area contributed by atoms with E-state index >= 15 is 0 Å². The van der Waals surface area contributed by atoms with Crippen molar-refractivity contribution in [1.82, 2.24) is 24.9 Å². The van der Waals surface area contributed by atoms with Crippen LogP contribution in [0.1, 0.15) is 33.7 Å². The molecule has 28 heavy (non-hydrogen) atoms. The molecule has 2 aromatic rings. The molecule has 1 N–H and O–H groups in total. The summed E-state index contributed by atoms with van der Waals surface area (Å²) in [6.45, 7) is 10.8. The molecule has 1 amide bonds. The molecule has 2 aliphatic heterocycles. The molecule has 152 valence electrons. The van der Waals surface area contributed by atoms with Crippen molar-refractivity contribution in [2.24, 2.45) is 0 Å². The fourth-order valence-corrected chi connectivity index (χ4v) is 4.26. The Bertz CT molecular complexity index is 815. The predicted octanol–water partition coefficient (Wildman–Crippen LogP) is 2.09. The fraction of sp³-hybridized carbons (Fsp3) is 0.524. The second-order valence-corrected chi connectivity index (χ2v) is 7.76. The minimum Gasteiger partial charge on any atom is -0.337 e. The smallest absolute Gasteiger partial charge is 0.253 e. The minimum absolute atomic E-state index is 0. The molecule has 2 saturated heterocycles. The van der Waals surface area contributed by atoms with Crippen LogP contribution < -0.4 is 5.32 Å². The van der Waals surface area contributed by atoms with Gasteiger partial charge in [0.25, 0.3) is 5.91 Å². The molecule has 0 saturated carbocycles. The van der Waals surface area contributed by atoms with Crippen molar-refractivity contribution in [3.63, 3.8) is 0 Å². The summed E-state index contributed by atoms with van der Waals surface area (Å²) < 4.78 is 2.00. The number of nitrogens with one attached hydrogen (secondary N) is 1. The zero-order valence-corrected chi connectivity index (χ0v) is 17.5.